The predicted octanol–water partition coefficient (Wildman–Crippen LogP) is -4.27. The molecule has 0 aromatic carbocycles. The zero-order valence-corrected chi connectivity index (χ0v) is 10.1. The van der Waals surface area contributed by atoms with Crippen molar-refractivity contribution in [2.75, 3.05) is 0 Å². The number of aliphatic carboxylic acids is 1. The Balaban J connectivity index is 0. The van der Waals surface area contributed by atoms with Crippen molar-refractivity contribution in [3.05, 3.63) is 0 Å². The van der Waals surface area contributed by atoms with Gasteiger partial charge in [-0.25, -0.2) is 0 Å². The minimum absolute atomic E-state index is 0. The van der Waals surface area contributed by atoms with Crippen LogP contribution in [-0.4, -0.2) is 20.9 Å². The molecule has 5 heteroatoms. The molecule has 0 saturated carbocycles. The van der Waals surface area contributed by atoms with E-state index >= 15 is 0 Å². The summed E-state index contributed by atoms with van der Waals surface area (Å²) in [7, 11) is 0. The van der Waals surface area contributed by atoms with Gasteiger partial charge in [0, 0.05) is 0 Å². The normalized spacial score (nSPS) is 10.7. The minimum atomic E-state index is -1.13. The maximum atomic E-state index is 9.84. The second-order valence-corrected chi connectivity index (χ2v) is 3.53. The number of rotatable bonds is 2. The number of nitrogens with zero attached hydrogens (tertiary/aromatic N) is 1. The number of carboxylic acids is 1. The van der Waals surface area contributed by atoms with E-state index in [9.17, 15) is 9.90 Å². The van der Waals surface area contributed by atoms with Crippen LogP contribution in [0.3, 0.4) is 0 Å². The Kier molecular flexibility index (Phi) is 10.2. The first-order valence-electron chi connectivity index (χ1n) is 1.94. The Morgan fingerprint density at radius 2 is 2.33 bits per heavy atom. The van der Waals surface area contributed by atoms with Gasteiger partial charge in [-0.05, 0) is 0 Å². The Hall–Kier alpha value is 1.12. The monoisotopic (exact) mass is 217 g/mol. The second-order valence-electron chi connectivity index (χ2n) is 1.17. The molecule has 1 atom stereocenters. The zero-order chi connectivity index (χ0) is 6.57. The summed E-state index contributed by atoms with van der Waals surface area (Å²) in [5, 5.41) is 17.8. The first-order chi connectivity index (χ1) is 3.68. The van der Waals surface area contributed by atoms with Crippen molar-refractivity contribution in [3.8, 4) is 4.97 Å². The molecule has 0 aliphatic heterocycles. The number of carbonyl (C=O) groups is 1. The first-order valence-corrected chi connectivity index (χ1v) is 3.78. The average Bonchev–Trinajstić information content (AvgIpc) is 1.67. The zero-order valence-electron chi connectivity index (χ0n) is 5.25. The minimum Gasteiger partial charge on any atom is 1.00 e. The van der Waals surface area contributed by atoms with Crippen LogP contribution in [0.4, 0.5) is 0 Å². The van der Waals surface area contributed by atoms with Gasteiger partial charge in [-0.2, -0.15) is 0 Å². The van der Waals surface area contributed by atoms with Gasteiger partial charge in [0.05, 0.1) is 0 Å². The summed E-state index contributed by atoms with van der Waals surface area (Å²) >= 11 is -0.459. The van der Waals surface area contributed by atoms with Gasteiger partial charge >= 0.3 is 104 Å². The third-order valence-corrected chi connectivity index (χ3v) is 1.93. The Morgan fingerprint density at radius 3 is 2.44 bits per heavy atom. The fraction of sp³-hybridized carbons (Fsp3) is 0.500. The van der Waals surface area contributed by atoms with Crippen molar-refractivity contribution in [1.29, 1.82) is 5.26 Å². The van der Waals surface area contributed by atoms with E-state index in [1.165, 1.54) is 6.92 Å². The van der Waals surface area contributed by atoms with Crippen LogP contribution in [0.2, 0.25) is 4.82 Å². The molecule has 0 spiro atoms. The molecule has 3 nitrogen and oxygen atoms in total. The molecular formula is C4H4KNO2Se. The number of nitriles is 1. The van der Waals surface area contributed by atoms with Crippen molar-refractivity contribution >= 4 is 20.9 Å². The summed E-state index contributed by atoms with van der Waals surface area (Å²) in [4.78, 5) is 11.1. The number of hydrogen-bond donors (Lipinski definition) is 0. The summed E-state index contributed by atoms with van der Waals surface area (Å²) in [5.41, 5.74) is 0. The molecular weight excluding hydrogens is 212 g/mol. The molecule has 0 unspecified atom stereocenters. The molecule has 0 aliphatic rings. The SMILES string of the molecule is C[C@H]([Se]C#N)C(=O)[O-].[K+]. The molecule has 0 radical (unpaired) electrons. The van der Waals surface area contributed by atoms with Crippen LogP contribution in [0.15, 0.2) is 0 Å². The van der Waals surface area contributed by atoms with E-state index in [1.54, 1.807) is 4.97 Å². The molecule has 0 aromatic rings. The third kappa shape index (κ3) is 7.01. The third-order valence-electron chi connectivity index (χ3n) is 0.561. The van der Waals surface area contributed by atoms with Crippen LogP contribution in [0.25, 0.3) is 0 Å². The fourth-order valence-corrected chi connectivity index (χ4v) is 0.661. The van der Waals surface area contributed by atoms with Gasteiger partial charge in [-0.15, -0.1) is 0 Å². The Morgan fingerprint density at radius 1 is 1.89 bits per heavy atom. The van der Waals surface area contributed by atoms with Crippen LogP contribution in [0.1, 0.15) is 6.92 Å². The van der Waals surface area contributed by atoms with E-state index in [2.05, 4.69) is 0 Å². The van der Waals surface area contributed by atoms with Gasteiger partial charge in [0.15, 0.2) is 0 Å². The molecule has 44 valence electrons. The summed E-state index contributed by atoms with van der Waals surface area (Å²) < 4.78 is 0. The average molecular weight is 216 g/mol. The van der Waals surface area contributed by atoms with Gasteiger partial charge in [-0.3, -0.25) is 0 Å². The number of carboxylic acid groups (broad SMARTS) is 1. The van der Waals surface area contributed by atoms with E-state index in [4.69, 9.17) is 5.26 Å². The largest absolute Gasteiger partial charge is 1.00 e. The number of carbonyl (C=O) groups excluding carboxylic acids is 1. The molecule has 0 amide bonds. The molecule has 0 N–H and O–H groups in total. The van der Waals surface area contributed by atoms with E-state index < -0.39 is 25.7 Å². The molecule has 0 heterocycles. The predicted molar refractivity (Wildman–Crippen MR) is 25.8 cm³/mol. The molecule has 0 aromatic heterocycles. The summed E-state index contributed by atoms with van der Waals surface area (Å²) in [6, 6.07) is 0. The van der Waals surface area contributed by atoms with Crippen LogP contribution in [-0.2, 0) is 4.79 Å². The summed E-state index contributed by atoms with van der Waals surface area (Å²) in [6.07, 6.45) is 0. The van der Waals surface area contributed by atoms with Crippen molar-refractivity contribution in [1.82, 2.24) is 0 Å². The van der Waals surface area contributed by atoms with Crippen molar-refractivity contribution in [2.24, 2.45) is 0 Å². The van der Waals surface area contributed by atoms with E-state index in [1.807, 2.05) is 0 Å². The summed E-state index contributed by atoms with van der Waals surface area (Å²) in [6.45, 7) is 1.47. The van der Waals surface area contributed by atoms with E-state index in [0.717, 1.165) is 0 Å². The standard InChI is InChI=1S/C4H5NO2Se.K/c1-3(4(6)7)8-2-5;/h3H,1H3,(H,6,7);/q;+1/p-1/t3-;/m0./s1. The van der Waals surface area contributed by atoms with Crippen LogP contribution >= 0.6 is 0 Å². The van der Waals surface area contributed by atoms with Gasteiger partial charge < -0.3 is 0 Å². The van der Waals surface area contributed by atoms with Crippen LogP contribution in [0, 0.1) is 10.2 Å². The first kappa shape index (κ1) is 12.8. The number of hydrogen-bond acceptors (Lipinski definition) is 3. The van der Waals surface area contributed by atoms with Gasteiger partial charge in [0.1, 0.15) is 0 Å². The van der Waals surface area contributed by atoms with Gasteiger partial charge in [0.25, 0.3) is 0 Å². The summed E-state index contributed by atoms with van der Waals surface area (Å²) in [5.74, 6) is -1.13. The molecule has 0 saturated heterocycles. The molecule has 0 bridgehead atoms. The van der Waals surface area contributed by atoms with E-state index in [-0.39, 0.29) is 51.4 Å². The molecule has 0 aliphatic carbocycles. The second kappa shape index (κ2) is 7.23. The molecule has 0 rings (SSSR count). The Labute approximate surface area is 102 Å². The van der Waals surface area contributed by atoms with Crippen LogP contribution < -0.4 is 56.5 Å². The van der Waals surface area contributed by atoms with Crippen molar-refractivity contribution in [2.45, 2.75) is 11.7 Å². The van der Waals surface area contributed by atoms with Crippen LogP contribution in [0.5, 0.6) is 0 Å². The van der Waals surface area contributed by atoms with Crippen molar-refractivity contribution < 1.29 is 61.3 Å². The molecule has 0 fully saturated rings. The smallest absolute Gasteiger partial charge is 1.00 e. The Bertz CT molecular complexity index is 133. The van der Waals surface area contributed by atoms with Gasteiger partial charge in [0.2, 0.25) is 0 Å². The topological polar surface area (TPSA) is 63.9 Å². The van der Waals surface area contributed by atoms with Crippen molar-refractivity contribution in [3.63, 3.8) is 0 Å². The van der Waals surface area contributed by atoms with Gasteiger partial charge in [-0.1, -0.05) is 0 Å². The quantitative estimate of drug-likeness (QED) is 0.439. The maximum Gasteiger partial charge on any atom is 1.00 e. The fourth-order valence-electron chi connectivity index (χ4n) is 0.127. The van der Waals surface area contributed by atoms with E-state index in [0.29, 0.717) is 0 Å². The molecule has 9 heavy (non-hydrogen) atoms. The maximum absolute atomic E-state index is 9.84.